The van der Waals surface area contributed by atoms with Crippen LogP contribution in [-0.2, 0) is 4.74 Å². The van der Waals surface area contributed by atoms with E-state index < -0.39 is 6.10 Å². The number of hydrogen-bond donors (Lipinski definition) is 2. The van der Waals surface area contributed by atoms with Crippen molar-refractivity contribution in [3.63, 3.8) is 0 Å². The van der Waals surface area contributed by atoms with Gasteiger partial charge in [-0.15, -0.1) is 0 Å². The van der Waals surface area contributed by atoms with Crippen molar-refractivity contribution >= 4 is 5.69 Å². The molecule has 1 aromatic carbocycles. The molecule has 0 aliphatic carbocycles. The maximum Gasteiger partial charge on any atom is 0.102 e. The summed E-state index contributed by atoms with van der Waals surface area (Å²) < 4.78 is 5.57. The van der Waals surface area contributed by atoms with Gasteiger partial charge in [-0.1, -0.05) is 26.0 Å². The van der Waals surface area contributed by atoms with Crippen LogP contribution in [0, 0.1) is 5.92 Å². The molecule has 3 heteroatoms. The van der Waals surface area contributed by atoms with Crippen molar-refractivity contribution in [1.82, 2.24) is 0 Å². The molecule has 1 rings (SSSR count). The van der Waals surface area contributed by atoms with Crippen molar-refractivity contribution in [3.8, 4) is 0 Å². The first-order chi connectivity index (χ1) is 7.50. The summed E-state index contributed by atoms with van der Waals surface area (Å²) in [6.45, 7) is 6.53. The maximum absolute atomic E-state index is 9.88. The van der Waals surface area contributed by atoms with E-state index in [0.29, 0.717) is 18.2 Å². The van der Waals surface area contributed by atoms with Crippen LogP contribution in [0.25, 0.3) is 0 Å². The lowest BCUT2D eigenvalue weighted by molar-refractivity contribution is -0.0206. The highest BCUT2D eigenvalue weighted by Gasteiger charge is 2.12. The fourth-order valence-electron chi connectivity index (χ4n) is 1.25. The highest BCUT2D eigenvalue weighted by atomic mass is 16.5. The Balaban J connectivity index is 2.46. The highest BCUT2D eigenvalue weighted by Crippen LogP contribution is 2.16. The van der Waals surface area contributed by atoms with Gasteiger partial charge in [0.15, 0.2) is 0 Å². The third-order valence-corrected chi connectivity index (χ3v) is 2.78. The fraction of sp³-hybridized carbons (Fsp3) is 0.538. The number of nitrogens with two attached hydrogens (primary N) is 1. The van der Waals surface area contributed by atoms with E-state index in [4.69, 9.17) is 10.5 Å². The molecule has 0 heterocycles. The van der Waals surface area contributed by atoms with Gasteiger partial charge in [-0.3, -0.25) is 0 Å². The van der Waals surface area contributed by atoms with Crippen LogP contribution in [-0.4, -0.2) is 17.8 Å². The van der Waals surface area contributed by atoms with Crippen molar-refractivity contribution in [2.24, 2.45) is 5.92 Å². The topological polar surface area (TPSA) is 55.5 Å². The molecule has 2 unspecified atom stereocenters. The van der Waals surface area contributed by atoms with E-state index in [1.54, 1.807) is 12.1 Å². The van der Waals surface area contributed by atoms with Crippen LogP contribution in [0.4, 0.5) is 5.69 Å². The molecule has 0 saturated carbocycles. The summed E-state index contributed by atoms with van der Waals surface area (Å²) in [6.07, 6.45) is -0.426. The van der Waals surface area contributed by atoms with Gasteiger partial charge in [-0.25, -0.2) is 0 Å². The zero-order chi connectivity index (χ0) is 12.1. The van der Waals surface area contributed by atoms with Crippen LogP contribution in [0.15, 0.2) is 24.3 Å². The Morgan fingerprint density at radius 2 is 1.75 bits per heavy atom. The Morgan fingerprint density at radius 3 is 2.25 bits per heavy atom. The number of aliphatic hydroxyl groups is 1. The normalized spacial score (nSPS) is 15.1. The van der Waals surface area contributed by atoms with E-state index in [-0.39, 0.29) is 6.10 Å². The van der Waals surface area contributed by atoms with E-state index in [2.05, 4.69) is 13.8 Å². The largest absolute Gasteiger partial charge is 0.399 e. The Kier molecular flexibility index (Phi) is 4.77. The summed E-state index contributed by atoms with van der Waals surface area (Å²) >= 11 is 0. The van der Waals surface area contributed by atoms with Gasteiger partial charge in [-0.2, -0.15) is 0 Å². The Hall–Kier alpha value is -1.06. The summed E-state index contributed by atoms with van der Waals surface area (Å²) in [4.78, 5) is 0. The first-order valence-electron chi connectivity index (χ1n) is 5.65. The predicted molar refractivity (Wildman–Crippen MR) is 66.1 cm³/mol. The van der Waals surface area contributed by atoms with Crippen LogP contribution < -0.4 is 5.73 Å². The second-order valence-electron chi connectivity index (χ2n) is 4.46. The van der Waals surface area contributed by atoms with Gasteiger partial charge >= 0.3 is 0 Å². The van der Waals surface area contributed by atoms with Crippen LogP contribution in [0.3, 0.4) is 0 Å². The van der Waals surface area contributed by atoms with Crippen molar-refractivity contribution in [1.29, 1.82) is 0 Å². The third kappa shape index (κ3) is 3.83. The van der Waals surface area contributed by atoms with E-state index in [1.807, 2.05) is 19.1 Å². The molecule has 0 spiro atoms. The lowest BCUT2D eigenvalue weighted by Crippen LogP contribution is -2.19. The number of anilines is 1. The van der Waals surface area contributed by atoms with Crippen LogP contribution in [0.2, 0.25) is 0 Å². The van der Waals surface area contributed by atoms with Gasteiger partial charge in [0, 0.05) is 5.69 Å². The molecule has 16 heavy (non-hydrogen) atoms. The van der Waals surface area contributed by atoms with E-state index >= 15 is 0 Å². The fourth-order valence-corrected chi connectivity index (χ4v) is 1.25. The number of benzene rings is 1. The first kappa shape index (κ1) is 13.0. The number of nitrogen functional groups attached to an aromatic ring is 1. The maximum atomic E-state index is 9.88. The van der Waals surface area contributed by atoms with E-state index in [9.17, 15) is 5.11 Å². The van der Waals surface area contributed by atoms with Gasteiger partial charge < -0.3 is 15.6 Å². The van der Waals surface area contributed by atoms with Crippen LogP contribution in [0.1, 0.15) is 32.4 Å². The van der Waals surface area contributed by atoms with Crippen LogP contribution >= 0.6 is 0 Å². The molecule has 0 radical (unpaired) electrons. The summed E-state index contributed by atoms with van der Waals surface area (Å²) in [6, 6.07) is 7.21. The number of ether oxygens (including phenoxy) is 1. The standard InChI is InChI=1S/C13H21NO2/c1-9(2)10(3)16-8-13(15)11-4-6-12(14)7-5-11/h4-7,9-10,13,15H,8,14H2,1-3H3. The van der Waals surface area contributed by atoms with Gasteiger partial charge in [0.2, 0.25) is 0 Å². The number of hydrogen-bond acceptors (Lipinski definition) is 3. The molecule has 0 aromatic heterocycles. The third-order valence-electron chi connectivity index (χ3n) is 2.78. The van der Waals surface area contributed by atoms with Gasteiger partial charge in [-0.05, 0) is 30.5 Å². The second kappa shape index (κ2) is 5.87. The van der Waals surface area contributed by atoms with Gasteiger partial charge in [0.1, 0.15) is 6.10 Å². The van der Waals surface area contributed by atoms with Crippen LogP contribution in [0.5, 0.6) is 0 Å². The number of rotatable bonds is 5. The summed E-state index contributed by atoms with van der Waals surface area (Å²) in [5, 5.41) is 9.88. The van der Waals surface area contributed by atoms with Gasteiger partial charge in [0.05, 0.1) is 12.7 Å². The quantitative estimate of drug-likeness (QED) is 0.753. The SMILES string of the molecule is CC(C)C(C)OCC(O)c1ccc(N)cc1. The van der Waals surface area contributed by atoms with Crippen molar-refractivity contribution in [3.05, 3.63) is 29.8 Å². The Bertz CT molecular complexity index is 308. The molecule has 0 aliphatic heterocycles. The molecule has 0 aliphatic rings. The summed E-state index contributed by atoms with van der Waals surface area (Å²) in [7, 11) is 0. The molecule has 0 saturated heterocycles. The second-order valence-corrected chi connectivity index (χ2v) is 4.46. The van der Waals surface area contributed by atoms with Crippen molar-refractivity contribution in [2.45, 2.75) is 33.0 Å². The molecule has 2 atom stereocenters. The monoisotopic (exact) mass is 223 g/mol. The van der Waals surface area contributed by atoms with E-state index in [0.717, 1.165) is 5.56 Å². The zero-order valence-corrected chi connectivity index (χ0v) is 10.2. The molecule has 0 fully saturated rings. The average molecular weight is 223 g/mol. The Labute approximate surface area is 97.2 Å². The van der Waals surface area contributed by atoms with Crippen molar-refractivity contribution < 1.29 is 9.84 Å². The van der Waals surface area contributed by atoms with E-state index in [1.165, 1.54) is 0 Å². The minimum absolute atomic E-state index is 0.156. The molecule has 0 bridgehead atoms. The van der Waals surface area contributed by atoms with Gasteiger partial charge in [0.25, 0.3) is 0 Å². The Morgan fingerprint density at radius 1 is 1.19 bits per heavy atom. The molecule has 0 amide bonds. The molecule has 1 aromatic rings. The minimum atomic E-state index is -0.582. The summed E-state index contributed by atoms with van der Waals surface area (Å²) in [5.41, 5.74) is 7.12. The first-order valence-corrected chi connectivity index (χ1v) is 5.65. The zero-order valence-electron chi connectivity index (χ0n) is 10.2. The average Bonchev–Trinajstić information content (AvgIpc) is 2.26. The molecular formula is C13H21NO2. The highest BCUT2D eigenvalue weighted by molar-refractivity contribution is 5.39. The summed E-state index contributed by atoms with van der Waals surface area (Å²) in [5.74, 6) is 0.457. The lowest BCUT2D eigenvalue weighted by Gasteiger charge is -2.19. The molecule has 90 valence electrons. The number of aliphatic hydroxyl groups excluding tert-OH is 1. The molecule has 3 nitrogen and oxygen atoms in total. The smallest absolute Gasteiger partial charge is 0.102 e. The molecular weight excluding hydrogens is 202 g/mol. The predicted octanol–water partition coefficient (Wildman–Crippen LogP) is 2.36. The lowest BCUT2D eigenvalue weighted by atomic mass is 10.1. The minimum Gasteiger partial charge on any atom is -0.399 e. The van der Waals surface area contributed by atoms with Crippen molar-refractivity contribution in [2.75, 3.05) is 12.3 Å². The molecule has 3 N–H and O–H groups in total.